The molecule has 0 spiro atoms. The zero-order valence-corrected chi connectivity index (χ0v) is 16.2. The van der Waals surface area contributed by atoms with Crippen molar-refractivity contribution >= 4 is 22.0 Å². The van der Waals surface area contributed by atoms with Crippen molar-refractivity contribution in [2.24, 2.45) is 0 Å². The van der Waals surface area contributed by atoms with E-state index < -0.39 is 41.7 Å². The maximum Gasteiger partial charge on any atom is 0.416 e. The second kappa shape index (κ2) is 7.88. The Kier molecular flexibility index (Phi) is 5.84. The maximum absolute atomic E-state index is 12.9. The Morgan fingerprint density at radius 1 is 1.03 bits per heavy atom. The summed E-state index contributed by atoms with van der Waals surface area (Å²) in [5, 5.41) is 4.21. The molecule has 1 aromatic carbocycles. The molecule has 1 aliphatic rings. The van der Waals surface area contributed by atoms with Crippen LogP contribution in [0.5, 0.6) is 0 Å². The lowest BCUT2D eigenvalue weighted by Crippen LogP contribution is -2.31. The van der Waals surface area contributed by atoms with E-state index in [4.69, 9.17) is 4.74 Å². The number of hydrogen-bond acceptors (Lipinski definition) is 3. The van der Waals surface area contributed by atoms with Crippen LogP contribution in [0.15, 0.2) is 28.9 Å². The Bertz CT molecular complexity index is 877. The van der Waals surface area contributed by atoms with E-state index in [0.717, 1.165) is 5.69 Å². The molecule has 1 aromatic heterocycles. The molecule has 2 heterocycles. The molecule has 12 heteroatoms. The number of nitrogens with zero attached hydrogens (tertiary/aromatic N) is 3. The van der Waals surface area contributed by atoms with Crippen molar-refractivity contribution in [2.45, 2.75) is 38.5 Å². The van der Waals surface area contributed by atoms with Gasteiger partial charge in [-0.05, 0) is 52.2 Å². The molecule has 0 saturated heterocycles. The predicted molar refractivity (Wildman–Crippen MR) is 91.6 cm³/mol. The predicted octanol–water partition coefficient (Wildman–Crippen LogP) is 5.23. The summed E-state index contributed by atoms with van der Waals surface area (Å²) in [6.45, 7) is 0.322. The summed E-state index contributed by atoms with van der Waals surface area (Å²) < 4.78 is 84.8. The summed E-state index contributed by atoms with van der Waals surface area (Å²) in [7, 11) is 0. The molecule has 1 aliphatic heterocycles. The first-order valence-electron chi connectivity index (χ1n) is 8.36. The number of rotatable bonds is 2. The van der Waals surface area contributed by atoms with Gasteiger partial charge in [0.05, 0.1) is 23.4 Å². The van der Waals surface area contributed by atoms with Gasteiger partial charge in [-0.25, -0.2) is 4.79 Å². The molecule has 0 radical (unpaired) electrons. The van der Waals surface area contributed by atoms with Crippen molar-refractivity contribution < 1.29 is 35.9 Å². The molecule has 2 aromatic rings. The third-order valence-corrected chi connectivity index (χ3v) is 4.64. The van der Waals surface area contributed by atoms with Gasteiger partial charge in [0.2, 0.25) is 0 Å². The largest absolute Gasteiger partial charge is 0.445 e. The second-order valence-corrected chi connectivity index (χ2v) is 7.24. The Morgan fingerprint density at radius 3 is 2.24 bits per heavy atom. The van der Waals surface area contributed by atoms with Gasteiger partial charge in [0, 0.05) is 13.1 Å². The minimum atomic E-state index is -4.96. The third-order valence-electron chi connectivity index (χ3n) is 4.25. The van der Waals surface area contributed by atoms with Crippen LogP contribution in [0.3, 0.4) is 0 Å². The van der Waals surface area contributed by atoms with Crippen LogP contribution in [0.2, 0.25) is 0 Å². The zero-order chi connectivity index (χ0) is 21.4. The molecule has 0 unspecified atom stereocenters. The SMILES string of the molecule is O=C(OCc1cc(C(F)(F)F)cc(C(F)(F)F)c1)N1CCCn2nc(Br)cc2C1. The minimum Gasteiger partial charge on any atom is -0.445 e. The molecule has 0 atom stereocenters. The Labute approximate surface area is 169 Å². The molecule has 0 bridgehead atoms. The van der Waals surface area contributed by atoms with Gasteiger partial charge in [0.15, 0.2) is 0 Å². The topological polar surface area (TPSA) is 47.4 Å². The summed E-state index contributed by atoms with van der Waals surface area (Å²) in [5.41, 5.74) is -2.59. The van der Waals surface area contributed by atoms with E-state index in [2.05, 4.69) is 21.0 Å². The van der Waals surface area contributed by atoms with Crippen molar-refractivity contribution in [1.82, 2.24) is 14.7 Å². The number of carbonyl (C=O) groups excluding carboxylic acids is 1. The van der Waals surface area contributed by atoms with Crippen molar-refractivity contribution in [2.75, 3.05) is 6.54 Å². The minimum absolute atomic E-state index is 0.0269. The average Bonchev–Trinajstić information content (AvgIpc) is 2.84. The number of carbonyl (C=O) groups is 1. The van der Waals surface area contributed by atoms with Gasteiger partial charge >= 0.3 is 18.4 Å². The molecule has 0 aliphatic carbocycles. The van der Waals surface area contributed by atoms with Crippen LogP contribution in [0.4, 0.5) is 31.1 Å². The summed E-state index contributed by atoms with van der Waals surface area (Å²) in [5.74, 6) is 0. The van der Waals surface area contributed by atoms with Crippen LogP contribution in [-0.4, -0.2) is 27.3 Å². The molecule has 5 nitrogen and oxygen atoms in total. The van der Waals surface area contributed by atoms with Crippen LogP contribution < -0.4 is 0 Å². The maximum atomic E-state index is 12.9. The fourth-order valence-electron chi connectivity index (χ4n) is 2.92. The number of aromatic nitrogens is 2. The number of aryl methyl sites for hydroxylation is 1. The summed E-state index contributed by atoms with van der Waals surface area (Å²) >= 11 is 3.23. The van der Waals surface area contributed by atoms with Crippen LogP contribution in [0, 0.1) is 0 Å². The second-order valence-electron chi connectivity index (χ2n) is 6.43. The van der Waals surface area contributed by atoms with E-state index in [1.165, 1.54) is 4.90 Å². The van der Waals surface area contributed by atoms with E-state index in [1.807, 2.05) is 0 Å². The third kappa shape index (κ3) is 5.22. The van der Waals surface area contributed by atoms with Crippen molar-refractivity contribution in [3.8, 4) is 0 Å². The summed E-state index contributed by atoms with van der Waals surface area (Å²) in [6.07, 6.45) is -10.2. The average molecular weight is 486 g/mol. The Balaban J connectivity index is 1.74. The van der Waals surface area contributed by atoms with Crippen LogP contribution in [0.25, 0.3) is 0 Å². The number of halogens is 7. The van der Waals surface area contributed by atoms with Gasteiger partial charge in [0.1, 0.15) is 11.2 Å². The van der Waals surface area contributed by atoms with E-state index >= 15 is 0 Å². The highest BCUT2D eigenvalue weighted by atomic mass is 79.9. The van der Waals surface area contributed by atoms with Crippen molar-refractivity contribution in [3.05, 3.63) is 51.3 Å². The quantitative estimate of drug-likeness (QED) is 0.547. The van der Waals surface area contributed by atoms with E-state index in [0.29, 0.717) is 36.2 Å². The van der Waals surface area contributed by atoms with Gasteiger partial charge < -0.3 is 9.64 Å². The number of hydrogen-bond donors (Lipinski definition) is 0. The zero-order valence-electron chi connectivity index (χ0n) is 14.6. The standard InChI is InChI=1S/C17H14BrF6N3O2/c18-14-7-13-8-26(2-1-3-27(13)25-14)15(28)29-9-10-4-11(16(19,20)21)6-12(5-10)17(22,23)24/h4-7H,1-3,8-9H2. The van der Waals surface area contributed by atoms with Crippen LogP contribution in [0.1, 0.15) is 28.8 Å². The first-order valence-corrected chi connectivity index (χ1v) is 9.15. The van der Waals surface area contributed by atoms with Gasteiger partial charge in [-0.3, -0.25) is 4.68 Å². The fraction of sp³-hybridized carbons (Fsp3) is 0.412. The van der Waals surface area contributed by atoms with Crippen LogP contribution >= 0.6 is 15.9 Å². The van der Waals surface area contributed by atoms with Gasteiger partial charge in [-0.15, -0.1) is 0 Å². The highest BCUT2D eigenvalue weighted by Crippen LogP contribution is 2.36. The monoisotopic (exact) mass is 485 g/mol. The number of alkyl halides is 6. The lowest BCUT2D eigenvalue weighted by atomic mass is 10.1. The van der Waals surface area contributed by atoms with Gasteiger partial charge in [-0.2, -0.15) is 31.4 Å². The molecular weight excluding hydrogens is 472 g/mol. The summed E-state index contributed by atoms with van der Waals surface area (Å²) in [4.78, 5) is 13.6. The lowest BCUT2D eigenvalue weighted by Gasteiger charge is -2.20. The van der Waals surface area contributed by atoms with E-state index in [-0.39, 0.29) is 12.6 Å². The molecule has 29 heavy (non-hydrogen) atoms. The Hall–Kier alpha value is -2.24. The number of ether oxygens (including phenoxy) is 1. The molecule has 0 fully saturated rings. The van der Waals surface area contributed by atoms with E-state index in [9.17, 15) is 31.1 Å². The summed E-state index contributed by atoms with van der Waals surface area (Å²) in [6, 6.07) is 2.82. The Morgan fingerprint density at radius 2 is 1.66 bits per heavy atom. The number of amides is 1. The fourth-order valence-corrected chi connectivity index (χ4v) is 3.38. The smallest absolute Gasteiger partial charge is 0.416 e. The highest BCUT2D eigenvalue weighted by molar-refractivity contribution is 9.10. The molecule has 158 valence electrons. The normalized spacial score (nSPS) is 15.1. The van der Waals surface area contributed by atoms with Crippen LogP contribution in [-0.2, 0) is 36.8 Å². The highest BCUT2D eigenvalue weighted by Gasteiger charge is 2.37. The first kappa shape index (κ1) is 21.5. The van der Waals surface area contributed by atoms with Gasteiger partial charge in [-0.1, -0.05) is 0 Å². The molecule has 0 saturated carbocycles. The van der Waals surface area contributed by atoms with Crippen molar-refractivity contribution in [1.29, 1.82) is 0 Å². The molecular formula is C17H14BrF6N3O2. The molecule has 1 amide bonds. The molecule has 0 N–H and O–H groups in total. The first-order chi connectivity index (χ1) is 13.4. The van der Waals surface area contributed by atoms with Gasteiger partial charge in [0.25, 0.3) is 0 Å². The van der Waals surface area contributed by atoms with Crippen molar-refractivity contribution in [3.63, 3.8) is 0 Å². The number of fused-ring (bicyclic) bond motifs is 1. The lowest BCUT2D eigenvalue weighted by molar-refractivity contribution is -0.143. The van der Waals surface area contributed by atoms with E-state index in [1.54, 1.807) is 10.7 Å². The number of benzene rings is 1. The molecule has 3 rings (SSSR count).